The molecule has 0 aromatic heterocycles. The molecule has 3 N–H and O–H groups in total. The van der Waals surface area contributed by atoms with E-state index in [0.29, 0.717) is 30.2 Å². The minimum absolute atomic E-state index is 0.0289. The summed E-state index contributed by atoms with van der Waals surface area (Å²) >= 11 is 0. The molecule has 13 atom stereocenters. The van der Waals surface area contributed by atoms with E-state index in [9.17, 15) is 18.3 Å². The van der Waals surface area contributed by atoms with Gasteiger partial charge in [0.05, 0.1) is 5.92 Å². The quantitative estimate of drug-likeness (QED) is 0.206. The molecule has 6 heteroatoms. The summed E-state index contributed by atoms with van der Waals surface area (Å²) in [5.74, 6) is 3.18. The first-order valence-electron chi connectivity index (χ1n) is 18.2. The second kappa shape index (κ2) is 13.6. The number of aliphatic hydroxyl groups is 1. The molecular formula is C38H59F3N2O. The van der Waals surface area contributed by atoms with Crippen LogP contribution < -0.4 is 10.6 Å². The predicted octanol–water partition coefficient (Wildman–Crippen LogP) is 8.96. The van der Waals surface area contributed by atoms with Gasteiger partial charge in [0.2, 0.25) is 0 Å². The largest absolute Gasteiger partial charge is 0.391 e. The molecule has 0 spiro atoms. The summed E-state index contributed by atoms with van der Waals surface area (Å²) < 4.78 is 42.2. The molecule has 0 amide bonds. The molecule has 0 radical (unpaired) electrons. The van der Waals surface area contributed by atoms with Crippen LogP contribution in [-0.2, 0) is 0 Å². The van der Waals surface area contributed by atoms with Crippen molar-refractivity contribution < 1.29 is 18.3 Å². The van der Waals surface area contributed by atoms with E-state index in [1.165, 1.54) is 56.9 Å². The molecule has 5 fully saturated rings. The van der Waals surface area contributed by atoms with Crippen molar-refractivity contribution in [1.82, 2.24) is 10.6 Å². The molecule has 248 valence electrons. The van der Waals surface area contributed by atoms with Crippen molar-refractivity contribution in [2.45, 2.75) is 135 Å². The summed E-state index contributed by atoms with van der Waals surface area (Å²) in [7, 11) is 0. The fourth-order valence-electron chi connectivity index (χ4n) is 11.0. The molecule has 13 unspecified atom stereocenters. The van der Waals surface area contributed by atoms with Crippen LogP contribution >= 0.6 is 0 Å². The van der Waals surface area contributed by atoms with Gasteiger partial charge in [0.25, 0.3) is 0 Å². The number of aliphatic hydroxyl groups excluding tert-OH is 1. The summed E-state index contributed by atoms with van der Waals surface area (Å²) in [5, 5.41) is 18.9. The van der Waals surface area contributed by atoms with E-state index in [1.807, 2.05) is 6.92 Å². The fraction of sp³-hybridized carbons (Fsp3) is 0.842. The molecule has 5 aliphatic carbocycles. The number of hydrogen-bond acceptors (Lipinski definition) is 3. The van der Waals surface area contributed by atoms with E-state index in [1.54, 1.807) is 0 Å². The highest BCUT2D eigenvalue weighted by atomic mass is 19.4. The van der Waals surface area contributed by atoms with Gasteiger partial charge in [-0.15, -0.1) is 0 Å². The normalized spacial score (nSPS) is 44.6. The van der Waals surface area contributed by atoms with Crippen LogP contribution in [0.1, 0.15) is 110 Å². The van der Waals surface area contributed by atoms with E-state index in [0.717, 1.165) is 61.1 Å². The topological polar surface area (TPSA) is 44.3 Å². The Bertz CT molecular complexity index is 1070. The third kappa shape index (κ3) is 7.23. The molecule has 6 aliphatic rings. The van der Waals surface area contributed by atoms with Crippen LogP contribution in [-0.4, -0.2) is 36.1 Å². The lowest BCUT2D eigenvalue weighted by atomic mass is 9.67. The van der Waals surface area contributed by atoms with E-state index in [-0.39, 0.29) is 36.6 Å². The van der Waals surface area contributed by atoms with Crippen LogP contribution in [0.4, 0.5) is 13.2 Å². The highest BCUT2D eigenvalue weighted by Gasteiger charge is 2.49. The van der Waals surface area contributed by atoms with Gasteiger partial charge in [0, 0.05) is 12.1 Å². The second-order valence-corrected chi connectivity index (χ2v) is 16.4. The van der Waals surface area contributed by atoms with E-state index in [2.05, 4.69) is 36.8 Å². The highest BCUT2D eigenvalue weighted by Crippen LogP contribution is 2.49. The minimum Gasteiger partial charge on any atom is -0.378 e. The van der Waals surface area contributed by atoms with Gasteiger partial charge in [-0.2, -0.15) is 13.2 Å². The number of halogens is 3. The highest BCUT2D eigenvalue weighted by molar-refractivity contribution is 5.33. The zero-order valence-electron chi connectivity index (χ0n) is 27.4. The summed E-state index contributed by atoms with van der Waals surface area (Å²) in [5.41, 5.74) is 3.65. The van der Waals surface area contributed by atoms with Gasteiger partial charge < -0.3 is 10.4 Å². The van der Waals surface area contributed by atoms with Crippen LogP contribution in [0.3, 0.4) is 0 Å². The number of alkyl halides is 3. The first kappa shape index (κ1) is 32.8. The van der Waals surface area contributed by atoms with Gasteiger partial charge in [-0.05, 0) is 163 Å². The van der Waals surface area contributed by atoms with Crippen LogP contribution in [0, 0.1) is 59.2 Å². The number of nitrogens with one attached hydrogen (secondary N) is 2. The standard InChI is InChI=1S/C38H59F3N2O/c1-22-6-5-7-27(14-22)26-10-11-29-21-42-36(34(29)13-12-26)35-19-28(9-8-23(35)2)37(44)43-33-18-31(17-32(20-33)38(39,40)41)30-15-24(3)25(4)16-30/h16,23,26-37,42-44H,1,3,5-15,17-21H2,2,4H3. The van der Waals surface area contributed by atoms with Gasteiger partial charge in [-0.1, -0.05) is 42.9 Å². The third-order valence-corrected chi connectivity index (χ3v) is 13.7. The number of fused-ring (bicyclic) bond motifs is 1. The van der Waals surface area contributed by atoms with Gasteiger partial charge in [0.15, 0.2) is 0 Å². The molecule has 1 saturated heterocycles. The van der Waals surface area contributed by atoms with E-state index in [4.69, 9.17) is 0 Å². The lowest BCUT2D eigenvalue weighted by Crippen LogP contribution is -2.51. The fourth-order valence-corrected chi connectivity index (χ4v) is 11.0. The first-order valence-corrected chi connectivity index (χ1v) is 18.2. The van der Waals surface area contributed by atoms with E-state index >= 15 is 0 Å². The molecule has 1 heterocycles. The van der Waals surface area contributed by atoms with Crippen LogP contribution in [0.5, 0.6) is 0 Å². The summed E-state index contributed by atoms with van der Waals surface area (Å²) in [4.78, 5) is 0. The smallest absolute Gasteiger partial charge is 0.378 e. The molecular weight excluding hydrogens is 557 g/mol. The van der Waals surface area contributed by atoms with Crippen molar-refractivity contribution in [2.24, 2.45) is 59.2 Å². The summed E-state index contributed by atoms with van der Waals surface area (Å²) in [6.45, 7) is 14.0. The van der Waals surface area contributed by atoms with Crippen molar-refractivity contribution in [1.29, 1.82) is 0 Å². The Morgan fingerprint density at radius 3 is 2.39 bits per heavy atom. The molecule has 44 heavy (non-hydrogen) atoms. The molecule has 4 saturated carbocycles. The summed E-state index contributed by atoms with van der Waals surface area (Å²) in [6.07, 6.45) is 12.5. The SMILES string of the molecule is C=C1CCCC(C2CCC3CNC(C4CC(C(O)NC5CC(C6C=C(C)C(=C)C6)CC(C(F)(F)F)C5)CCC4C)C3CC2)C1. The second-order valence-electron chi connectivity index (χ2n) is 16.4. The van der Waals surface area contributed by atoms with Crippen molar-refractivity contribution >= 4 is 0 Å². The molecule has 0 aromatic rings. The molecule has 1 aliphatic heterocycles. The Balaban J connectivity index is 1.08. The molecule has 3 nitrogen and oxygen atoms in total. The van der Waals surface area contributed by atoms with Crippen LogP contribution in [0.25, 0.3) is 0 Å². The molecule has 0 aromatic carbocycles. The third-order valence-electron chi connectivity index (χ3n) is 13.7. The first-order chi connectivity index (χ1) is 21.0. The number of hydrogen-bond donors (Lipinski definition) is 3. The maximum atomic E-state index is 14.1. The van der Waals surface area contributed by atoms with Gasteiger partial charge in [-0.3, -0.25) is 5.32 Å². The van der Waals surface area contributed by atoms with Gasteiger partial charge in [0.1, 0.15) is 6.23 Å². The van der Waals surface area contributed by atoms with Crippen molar-refractivity contribution in [3.05, 3.63) is 36.0 Å². The average molecular weight is 617 g/mol. The zero-order chi connectivity index (χ0) is 31.2. The monoisotopic (exact) mass is 616 g/mol. The number of allylic oxidation sites excluding steroid dienone is 4. The Hall–Kier alpha value is -1.11. The van der Waals surface area contributed by atoms with E-state index < -0.39 is 18.3 Å². The van der Waals surface area contributed by atoms with Crippen molar-refractivity contribution in [3.8, 4) is 0 Å². The van der Waals surface area contributed by atoms with Gasteiger partial charge in [-0.25, -0.2) is 0 Å². The summed E-state index contributed by atoms with van der Waals surface area (Å²) in [6, 6.07) is 0.198. The van der Waals surface area contributed by atoms with Gasteiger partial charge >= 0.3 is 6.18 Å². The Labute approximate surface area is 265 Å². The van der Waals surface area contributed by atoms with Crippen molar-refractivity contribution in [3.63, 3.8) is 0 Å². The molecule has 6 rings (SSSR count). The van der Waals surface area contributed by atoms with Crippen molar-refractivity contribution in [2.75, 3.05) is 6.54 Å². The molecule has 0 bridgehead atoms. The van der Waals surface area contributed by atoms with Crippen LogP contribution in [0.2, 0.25) is 0 Å². The predicted molar refractivity (Wildman–Crippen MR) is 173 cm³/mol. The maximum absolute atomic E-state index is 14.1. The Kier molecular flexibility index (Phi) is 10.1. The number of rotatable bonds is 6. The Morgan fingerprint density at radius 2 is 1.66 bits per heavy atom. The van der Waals surface area contributed by atoms with Crippen LogP contribution in [0.15, 0.2) is 36.0 Å². The zero-order valence-corrected chi connectivity index (χ0v) is 27.4. The minimum atomic E-state index is -4.20. The maximum Gasteiger partial charge on any atom is 0.391 e. The average Bonchev–Trinajstić information content (AvgIpc) is 3.46. The lowest BCUT2D eigenvalue weighted by Gasteiger charge is -2.44. The lowest BCUT2D eigenvalue weighted by molar-refractivity contribution is -0.190. The Morgan fingerprint density at radius 1 is 0.886 bits per heavy atom.